The second kappa shape index (κ2) is 6.92. The fraction of sp³-hybridized carbons (Fsp3) is 0.150. The van der Waals surface area contributed by atoms with E-state index < -0.39 is 0 Å². The van der Waals surface area contributed by atoms with Crippen LogP contribution in [0.4, 0.5) is 5.82 Å². The van der Waals surface area contributed by atoms with Crippen LogP contribution in [0.25, 0.3) is 21.6 Å². The number of hydrogen-bond acceptors (Lipinski definition) is 7. The monoisotopic (exact) mass is 410 g/mol. The van der Waals surface area contributed by atoms with Crippen LogP contribution < -0.4 is 14.8 Å². The summed E-state index contributed by atoms with van der Waals surface area (Å²) < 4.78 is 10.8. The molecule has 5 rings (SSSR count). The Morgan fingerprint density at radius 3 is 2.79 bits per heavy atom. The molecule has 1 aromatic carbocycles. The van der Waals surface area contributed by atoms with Crippen LogP contribution in [0.5, 0.6) is 11.5 Å². The average Bonchev–Trinajstić information content (AvgIpc) is 3.30. The summed E-state index contributed by atoms with van der Waals surface area (Å²) in [6.07, 6.45) is 3.46. The lowest BCUT2D eigenvalue weighted by atomic mass is 10.2. The second-order valence-corrected chi connectivity index (χ2v) is 7.91. The number of nitrogens with zero attached hydrogens (tertiary/aromatic N) is 3. The van der Waals surface area contributed by atoms with E-state index in [4.69, 9.17) is 31.0 Å². The standard InChI is InChI=1S/C20H15ClN4O2S/c1-11-17(21)16-19(23-9-12-2-3-14-15(8-12)27-10-26-14)24-18(25-20(16)28-11)13-4-6-22-7-5-13/h2-8H,9-10H2,1H3,(H,23,24,25). The quantitative estimate of drug-likeness (QED) is 0.507. The number of halogens is 1. The third-order valence-electron chi connectivity index (χ3n) is 4.49. The highest BCUT2D eigenvalue weighted by Gasteiger charge is 2.18. The first-order chi connectivity index (χ1) is 13.7. The third kappa shape index (κ3) is 3.02. The lowest BCUT2D eigenvalue weighted by molar-refractivity contribution is 0.174. The number of fused-ring (bicyclic) bond motifs is 2. The lowest BCUT2D eigenvalue weighted by Crippen LogP contribution is -2.04. The summed E-state index contributed by atoms with van der Waals surface area (Å²) >= 11 is 8.11. The summed E-state index contributed by atoms with van der Waals surface area (Å²) in [5, 5.41) is 4.96. The Bertz CT molecular complexity index is 1180. The molecule has 0 unspecified atom stereocenters. The summed E-state index contributed by atoms with van der Waals surface area (Å²) in [5.74, 6) is 2.88. The van der Waals surface area contributed by atoms with Gasteiger partial charge >= 0.3 is 0 Å². The van der Waals surface area contributed by atoms with Gasteiger partial charge in [0.1, 0.15) is 10.6 Å². The maximum Gasteiger partial charge on any atom is 0.231 e. The van der Waals surface area contributed by atoms with Gasteiger partial charge in [-0.25, -0.2) is 9.97 Å². The third-order valence-corrected chi connectivity index (χ3v) is 6.07. The molecule has 0 radical (unpaired) electrons. The number of thiophene rings is 1. The fourth-order valence-corrected chi connectivity index (χ4v) is 4.34. The molecule has 0 amide bonds. The topological polar surface area (TPSA) is 69.2 Å². The maximum absolute atomic E-state index is 6.55. The molecule has 6 nitrogen and oxygen atoms in total. The van der Waals surface area contributed by atoms with Crippen molar-refractivity contribution >= 4 is 39.0 Å². The molecular formula is C20H15ClN4O2S. The smallest absolute Gasteiger partial charge is 0.231 e. The molecule has 3 aromatic heterocycles. The number of hydrogen-bond donors (Lipinski definition) is 1. The number of ether oxygens (including phenoxy) is 2. The summed E-state index contributed by atoms with van der Waals surface area (Å²) in [6.45, 7) is 2.82. The molecule has 0 saturated heterocycles. The van der Waals surface area contributed by atoms with Crippen LogP contribution in [0.1, 0.15) is 10.4 Å². The van der Waals surface area contributed by atoms with Gasteiger partial charge in [-0.05, 0) is 36.8 Å². The second-order valence-electron chi connectivity index (χ2n) is 6.33. The highest BCUT2D eigenvalue weighted by molar-refractivity contribution is 7.19. The van der Waals surface area contributed by atoms with E-state index in [0.29, 0.717) is 23.2 Å². The first-order valence-corrected chi connectivity index (χ1v) is 9.88. The van der Waals surface area contributed by atoms with Crippen molar-refractivity contribution in [1.29, 1.82) is 0 Å². The zero-order chi connectivity index (χ0) is 19.1. The fourth-order valence-electron chi connectivity index (χ4n) is 3.07. The summed E-state index contributed by atoms with van der Waals surface area (Å²) in [7, 11) is 0. The van der Waals surface area contributed by atoms with Gasteiger partial charge in [0.15, 0.2) is 17.3 Å². The summed E-state index contributed by atoms with van der Waals surface area (Å²) in [4.78, 5) is 15.4. The van der Waals surface area contributed by atoms with Crippen LogP contribution in [0.2, 0.25) is 5.02 Å². The van der Waals surface area contributed by atoms with Crippen molar-refractivity contribution in [1.82, 2.24) is 15.0 Å². The van der Waals surface area contributed by atoms with Gasteiger partial charge in [0.25, 0.3) is 0 Å². The van der Waals surface area contributed by atoms with Gasteiger partial charge < -0.3 is 14.8 Å². The molecular weight excluding hydrogens is 396 g/mol. The largest absolute Gasteiger partial charge is 0.454 e. The van der Waals surface area contributed by atoms with Gasteiger partial charge in [0.2, 0.25) is 6.79 Å². The van der Waals surface area contributed by atoms with E-state index in [1.807, 2.05) is 37.3 Å². The van der Waals surface area contributed by atoms with E-state index in [1.54, 1.807) is 23.7 Å². The minimum atomic E-state index is 0.262. The van der Waals surface area contributed by atoms with Gasteiger partial charge in [-0.15, -0.1) is 11.3 Å². The Morgan fingerprint density at radius 1 is 1.11 bits per heavy atom. The molecule has 8 heteroatoms. The van der Waals surface area contributed by atoms with Crippen LogP contribution in [-0.4, -0.2) is 21.7 Å². The normalized spacial score (nSPS) is 12.5. The van der Waals surface area contributed by atoms with Crippen molar-refractivity contribution in [2.24, 2.45) is 0 Å². The lowest BCUT2D eigenvalue weighted by Gasteiger charge is -2.10. The van der Waals surface area contributed by atoms with Crippen molar-refractivity contribution in [2.45, 2.75) is 13.5 Å². The predicted molar refractivity (Wildman–Crippen MR) is 110 cm³/mol. The molecule has 1 aliphatic rings. The highest BCUT2D eigenvalue weighted by Crippen LogP contribution is 2.39. The van der Waals surface area contributed by atoms with Crippen LogP contribution in [0.15, 0.2) is 42.7 Å². The van der Waals surface area contributed by atoms with Gasteiger partial charge in [-0.3, -0.25) is 4.98 Å². The van der Waals surface area contributed by atoms with Crippen LogP contribution >= 0.6 is 22.9 Å². The van der Waals surface area contributed by atoms with Crippen molar-refractivity contribution in [3.8, 4) is 22.9 Å². The SMILES string of the molecule is Cc1sc2nc(-c3ccncc3)nc(NCc3ccc4c(c3)OCO4)c2c1Cl. The van der Waals surface area contributed by atoms with E-state index in [9.17, 15) is 0 Å². The van der Waals surface area contributed by atoms with Gasteiger partial charge in [0.05, 0.1) is 10.4 Å². The Morgan fingerprint density at radius 2 is 1.93 bits per heavy atom. The Labute approximate surface area is 170 Å². The molecule has 140 valence electrons. The first-order valence-electron chi connectivity index (χ1n) is 8.68. The highest BCUT2D eigenvalue weighted by atomic mass is 35.5. The van der Waals surface area contributed by atoms with Crippen LogP contribution in [0.3, 0.4) is 0 Å². The van der Waals surface area contributed by atoms with E-state index in [1.165, 1.54) is 0 Å². The molecule has 0 saturated carbocycles. The van der Waals surface area contributed by atoms with E-state index in [0.717, 1.165) is 37.7 Å². The van der Waals surface area contributed by atoms with Crippen molar-refractivity contribution < 1.29 is 9.47 Å². The molecule has 0 aliphatic carbocycles. The van der Waals surface area contributed by atoms with E-state index in [-0.39, 0.29) is 6.79 Å². The molecule has 4 heterocycles. The molecule has 0 atom stereocenters. The number of aromatic nitrogens is 3. The van der Waals surface area contributed by atoms with Gasteiger partial charge in [0, 0.05) is 29.4 Å². The van der Waals surface area contributed by atoms with E-state index >= 15 is 0 Å². The minimum absolute atomic E-state index is 0.262. The molecule has 1 aliphatic heterocycles. The number of anilines is 1. The molecule has 0 bridgehead atoms. The molecule has 4 aromatic rings. The average molecular weight is 411 g/mol. The van der Waals surface area contributed by atoms with Crippen LogP contribution in [0, 0.1) is 6.92 Å². The maximum atomic E-state index is 6.55. The molecule has 0 spiro atoms. The Balaban J connectivity index is 1.53. The number of nitrogens with one attached hydrogen (secondary N) is 1. The number of benzene rings is 1. The summed E-state index contributed by atoms with van der Waals surface area (Å²) in [5.41, 5.74) is 1.97. The zero-order valence-corrected chi connectivity index (χ0v) is 16.5. The van der Waals surface area contributed by atoms with Gasteiger partial charge in [-0.2, -0.15) is 0 Å². The predicted octanol–water partition coefficient (Wildman–Crippen LogP) is 5.06. The Kier molecular flexibility index (Phi) is 4.26. The van der Waals surface area contributed by atoms with Crippen molar-refractivity contribution in [3.05, 3.63) is 58.2 Å². The van der Waals surface area contributed by atoms with Gasteiger partial charge in [-0.1, -0.05) is 17.7 Å². The van der Waals surface area contributed by atoms with Crippen molar-refractivity contribution in [3.63, 3.8) is 0 Å². The Hall–Kier alpha value is -2.90. The minimum Gasteiger partial charge on any atom is -0.454 e. The molecule has 28 heavy (non-hydrogen) atoms. The number of rotatable bonds is 4. The summed E-state index contributed by atoms with van der Waals surface area (Å²) in [6, 6.07) is 9.68. The first kappa shape index (κ1) is 17.2. The molecule has 0 fully saturated rings. The number of aryl methyl sites for hydroxylation is 1. The zero-order valence-electron chi connectivity index (χ0n) is 14.9. The van der Waals surface area contributed by atoms with E-state index in [2.05, 4.69) is 10.3 Å². The van der Waals surface area contributed by atoms with Crippen molar-refractivity contribution in [2.75, 3.05) is 12.1 Å². The molecule has 1 N–H and O–H groups in total. The van der Waals surface area contributed by atoms with Crippen LogP contribution in [-0.2, 0) is 6.54 Å². The number of pyridine rings is 1.